The molecule has 6 heteroatoms. The molecule has 0 amide bonds. The lowest BCUT2D eigenvalue weighted by Crippen LogP contribution is -1.89. The molecule has 6 nitrogen and oxygen atoms in total. The first kappa shape index (κ1) is 10.5. The number of nitrogens with one attached hydrogen (secondary N) is 1. The van der Waals surface area contributed by atoms with Crippen LogP contribution in [-0.4, -0.2) is 32.2 Å². The highest BCUT2D eigenvalue weighted by Gasteiger charge is 2.12. The molecular weight excluding hydrogens is 232 g/mol. The Bertz CT molecular complexity index is 675. The Balaban J connectivity index is 2.19. The molecule has 3 rings (SSSR count). The van der Waals surface area contributed by atoms with Crippen LogP contribution in [0.2, 0.25) is 0 Å². The first-order valence-electron chi connectivity index (χ1n) is 5.32. The zero-order chi connectivity index (χ0) is 12.5. The standard InChI is InChI=1S/C12H10N4O2/c1-18-9-6-7(17)2-3-8(9)10-15-11-12(16-10)14-5-4-13-11/h2-6,17H,1H3,(H,13,14,15,16). The molecule has 0 radical (unpaired) electrons. The van der Waals surface area contributed by atoms with E-state index in [1.807, 2.05) is 0 Å². The molecule has 3 aromatic rings. The van der Waals surface area contributed by atoms with Crippen molar-refractivity contribution in [1.29, 1.82) is 0 Å². The number of imidazole rings is 1. The molecule has 0 saturated carbocycles. The highest BCUT2D eigenvalue weighted by Crippen LogP contribution is 2.31. The van der Waals surface area contributed by atoms with Crippen LogP contribution >= 0.6 is 0 Å². The molecule has 18 heavy (non-hydrogen) atoms. The predicted molar refractivity (Wildman–Crippen MR) is 65.3 cm³/mol. The molecule has 0 fully saturated rings. The van der Waals surface area contributed by atoms with E-state index in [0.29, 0.717) is 22.9 Å². The molecule has 90 valence electrons. The molecule has 0 aliphatic rings. The Labute approximate surface area is 102 Å². The quantitative estimate of drug-likeness (QED) is 0.715. The van der Waals surface area contributed by atoms with E-state index in [1.54, 1.807) is 24.5 Å². The first-order chi connectivity index (χ1) is 8.78. The molecule has 0 aliphatic carbocycles. The van der Waals surface area contributed by atoms with Crippen LogP contribution in [0, 0.1) is 0 Å². The van der Waals surface area contributed by atoms with Gasteiger partial charge in [-0.3, -0.25) is 0 Å². The second-order valence-corrected chi connectivity index (χ2v) is 3.70. The normalized spacial score (nSPS) is 10.7. The molecule has 0 spiro atoms. The minimum absolute atomic E-state index is 0.142. The van der Waals surface area contributed by atoms with Crippen molar-refractivity contribution in [3.8, 4) is 22.9 Å². The molecule has 2 heterocycles. The van der Waals surface area contributed by atoms with E-state index >= 15 is 0 Å². The predicted octanol–water partition coefficient (Wildman–Crippen LogP) is 1.73. The number of methoxy groups -OCH3 is 1. The van der Waals surface area contributed by atoms with Gasteiger partial charge in [0.2, 0.25) is 0 Å². The van der Waals surface area contributed by atoms with E-state index in [4.69, 9.17) is 4.74 Å². The average Bonchev–Trinajstić information content (AvgIpc) is 2.82. The van der Waals surface area contributed by atoms with E-state index in [-0.39, 0.29) is 5.75 Å². The number of aromatic nitrogens is 4. The highest BCUT2D eigenvalue weighted by molar-refractivity contribution is 5.75. The summed E-state index contributed by atoms with van der Waals surface area (Å²) < 4.78 is 5.22. The maximum absolute atomic E-state index is 9.42. The minimum Gasteiger partial charge on any atom is -0.508 e. The number of aromatic hydroxyl groups is 1. The van der Waals surface area contributed by atoms with Crippen LogP contribution in [-0.2, 0) is 0 Å². The fraction of sp³-hybridized carbons (Fsp3) is 0.0833. The lowest BCUT2D eigenvalue weighted by atomic mass is 10.2. The molecule has 2 aromatic heterocycles. The van der Waals surface area contributed by atoms with E-state index in [1.165, 1.54) is 13.2 Å². The number of ether oxygens (including phenoxy) is 1. The number of phenols is 1. The average molecular weight is 242 g/mol. The Kier molecular flexibility index (Phi) is 2.33. The van der Waals surface area contributed by atoms with Crippen molar-refractivity contribution >= 4 is 11.3 Å². The van der Waals surface area contributed by atoms with E-state index < -0.39 is 0 Å². The highest BCUT2D eigenvalue weighted by atomic mass is 16.5. The lowest BCUT2D eigenvalue weighted by Gasteiger charge is -2.05. The molecule has 0 saturated heterocycles. The van der Waals surface area contributed by atoms with Gasteiger partial charge in [-0.1, -0.05) is 0 Å². The summed E-state index contributed by atoms with van der Waals surface area (Å²) >= 11 is 0. The molecule has 0 unspecified atom stereocenters. The summed E-state index contributed by atoms with van der Waals surface area (Å²) in [6.07, 6.45) is 3.18. The second kappa shape index (κ2) is 3.99. The van der Waals surface area contributed by atoms with Crippen molar-refractivity contribution < 1.29 is 9.84 Å². The smallest absolute Gasteiger partial charge is 0.197 e. The number of nitrogens with zero attached hydrogens (tertiary/aromatic N) is 3. The Morgan fingerprint density at radius 1 is 1.22 bits per heavy atom. The molecular formula is C12H10N4O2. The van der Waals surface area contributed by atoms with Gasteiger partial charge in [0.1, 0.15) is 17.3 Å². The van der Waals surface area contributed by atoms with Crippen molar-refractivity contribution in [2.45, 2.75) is 0 Å². The monoisotopic (exact) mass is 242 g/mol. The third-order valence-corrected chi connectivity index (χ3v) is 2.57. The van der Waals surface area contributed by atoms with Gasteiger partial charge >= 0.3 is 0 Å². The number of hydrogen-bond acceptors (Lipinski definition) is 5. The summed E-state index contributed by atoms with van der Waals surface area (Å²) in [6.45, 7) is 0. The van der Waals surface area contributed by atoms with E-state index in [2.05, 4.69) is 19.9 Å². The number of benzene rings is 1. The van der Waals surface area contributed by atoms with Gasteiger partial charge < -0.3 is 14.8 Å². The van der Waals surface area contributed by atoms with Gasteiger partial charge in [0.15, 0.2) is 11.3 Å². The molecule has 0 aliphatic heterocycles. The maximum atomic E-state index is 9.42. The summed E-state index contributed by atoms with van der Waals surface area (Å²) in [5.74, 6) is 1.28. The fourth-order valence-corrected chi connectivity index (χ4v) is 1.75. The van der Waals surface area contributed by atoms with Crippen LogP contribution in [0.25, 0.3) is 22.7 Å². The van der Waals surface area contributed by atoms with Crippen LogP contribution in [0.3, 0.4) is 0 Å². The number of aromatic amines is 1. The maximum Gasteiger partial charge on any atom is 0.197 e. The molecule has 2 N–H and O–H groups in total. The fourth-order valence-electron chi connectivity index (χ4n) is 1.75. The van der Waals surface area contributed by atoms with Gasteiger partial charge in [0.25, 0.3) is 0 Å². The van der Waals surface area contributed by atoms with Crippen molar-refractivity contribution in [1.82, 2.24) is 19.9 Å². The van der Waals surface area contributed by atoms with E-state index in [9.17, 15) is 5.11 Å². The molecule has 1 aromatic carbocycles. The summed E-state index contributed by atoms with van der Waals surface area (Å²) in [5, 5.41) is 9.42. The summed E-state index contributed by atoms with van der Waals surface area (Å²) in [5.41, 5.74) is 1.90. The third kappa shape index (κ3) is 1.64. The molecule has 0 atom stereocenters. The number of hydrogen-bond donors (Lipinski definition) is 2. The number of rotatable bonds is 2. The van der Waals surface area contributed by atoms with Crippen LogP contribution in [0.15, 0.2) is 30.6 Å². The lowest BCUT2D eigenvalue weighted by molar-refractivity contribution is 0.409. The van der Waals surface area contributed by atoms with Crippen molar-refractivity contribution in [3.05, 3.63) is 30.6 Å². The minimum atomic E-state index is 0.142. The number of H-pyrrole nitrogens is 1. The van der Waals surface area contributed by atoms with Gasteiger partial charge in [0.05, 0.1) is 12.7 Å². The van der Waals surface area contributed by atoms with Crippen LogP contribution in [0.4, 0.5) is 0 Å². The van der Waals surface area contributed by atoms with Gasteiger partial charge in [-0.15, -0.1) is 0 Å². The summed E-state index contributed by atoms with van der Waals surface area (Å²) in [6, 6.07) is 4.83. The number of phenolic OH excluding ortho intramolecular Hbond substituents is 1. The van der Waals surface area contributed by atoms with Gasteiger partial charge in [-0.25, -0.2) is 15.0 Å². The second-order valence-electron chi connectivity index (χ2n) is 3.70. The van der Waals surface area contributed by atoms with Crippen molar-refractivity contribution in [2.75, 3.05) is 7.11 Å². The zero-order valence-electron chi connectivity index (χ0n) is 9.58. The topological polar surface area (TPSA) is 83.9 Å². The SMILES string of the molecule is COc1cc(O)ccc1-c1nc2nccnc2[nH]1. The first-order valence-corrected chi connectivity index (χ1v) is 5.32. The Hall–Kier alpha value is -2.63. The summed E-state index contributed by atoms with van der Waals surface area (Å²) in [7, 11) is 1.54. The van der Waals surface area contributed by atoms with Gasteiger partial charge in [-0.05, 0) is 12.1 Å². The Morgan fingerprint density at radius 3 is 2.83 bits per heavy atom. The van der Waals surface area contributed by atoms with Crippen LogP contribution in [0.5, 0.6) is 11.5 Å². The van der Waals surface area contributed by atoms with Gasteiger partial charge in [0, 0.05) is 18.5 Å². The molecule has 0 bridgehead atoms. The van der Waals surface area contributed by atoms with Crippen LogP contribution in [0.1, 0.15) is 0 Å². The van der Waals surface area contributed by atoms with Crippen molar-refractivity contribution in [3.63, 3.8) is 0 Å². The van der Waals surface area contributed by atoms with Crippen LogP contribution < -0.4 is 4.74 Å². The van der Waals surface area contributed by atoms with Gasteiger partial charge in [-0.2, -0.15) is 0 Å². The third-order valence-electron chi connectivity index (χ3n) is 2.57. The largest absolute Gasteiger partial charge is 0.508 e. The number of fused-ring (bicyclic) bond motifs is 1. The zero-order valence-corrected chi connectivity index (χ0v) is 9.58. The Morgan fingerprint density at radius 2 is 2.06 bits per heavy atom. The van der Waals surface area contributed by atoms with E-state index in [0.717, 1.165) is 5.56 Å². The summed E-state index contributed by atoms with van der Waals surface area (Å²) in [4.78, 5) is 15.6. The van der Waals surface area contributed by atoms with Crippen molar-refractivity contribution in [2.24, 2.45) is 0 Å².